The van der Waals surface area contributed by atoms with Gasteiger partial charge in [-0.1, -0.05) is 6.08 Å². The minimum Gasteiger partial charge on any atom is -0.448 e. The van der Waals surface area contributed by atoms with E-state index >= 15 is 0 Å². The number of nitrogens with zero attached hydrogens (tertiary/aromatic N) is 1. The first-order valence-electron chi connectivity index (χ1n) is 4.98. The van der Waals surface area contributed by atoms with E-state index < -0.39 is 0 Å². The summed E-state index contributed by atoms with van der Waals surface area (Å²) < 4.78 is 4.74. The van der Waals surface area contributed by atoms with Crippen LogP contribution in [0, 0.1) is 0 Å². The molecular formula is C10H16N2O3. The van der Waals surface area contributed by atoms with Crippen LogP contribution in [0.2, 0.25) is 0 Å². The highest BCUT2D eigenvalue weighted by atomic mass is 16.6. The fourth-order valence-electron chi connectivity index (χ4n) is 1.21. The molecule has 0 aromatic rings. The molecule has 15 heavy (non-hydrogen) atoms. The molecule has 1 aliphatic rings. The average Bonchev–Trinajstić information content (AvgIpc) is 2.50. The van der Waals surface area contributed by atoms with E-state index in [-0.39, 0.29) is 18.0 Å². The number of hydrogen-bond donors (Lipinski definition) is 1. The van der Waals surface area contributed by atoms with Crippen LogP contribution in [0.25, 0.3) is 0 Å². The molecule has 1 fully saturated rings. The van der Waals surface area contributed by atoms with Crippen molar-refractivity contribution in [2.24, 2.45) is 0 Å². The quantitative estimate of drug-likeness (QED) is 0.691. The number of amides is 2. The van der Waals surface area contributed by atoms with Crippen LogP contribution in [0.4, 0.5) is 4.79 Å². The van der Waals surface area contributed by atoms with Crippen molar-refractivity contribution in [3.63, 3.8) is 0 Å². The van der Waals surface area contributed by atoms with E-state index in [1.165, 1.54) is 6.08 Å². The van der Waals surface area contributed by atoms with Gasteiger partial charge in [0.15, 0.2) is 0 Å². The van der Waals surface area contributed by atoms with Crippen molar-refractivity contribution in [1.82, 2.24) is 10.2 Å². The third-order valence-electron chi connectivity index (χ3n) is 1.87. The van der Waals surface area contributed by atoms with Crippen molar-refractivity contribution in [3.05, 3.63) is 12.2 Å². The molecule has 2 amide bonds. The summed E-state index contributed by atoms with van der Waals surface area (Å²) in [5.74, 6) is -0.141. The van der Waals surface area contributed by atoms with E-state index in [2.05, 4.69) is 5.32 Å². The summed E-state index contributed by atoms with van der Waals surface area (Å²) in [6.07, 6.45) is 2.78. The van der Waals surface area contributed by atoms with Crippen LogP contribution in [0.15, 0.2) is 12.2 Å². The second-order valence-corrected chi connectivity index (χ2v) is 3.63. The van der Waals surface area contributed by atoms with Crippen molar-refractivity contribution in [2.45, 2.75) is 19.9 Å². The van der Waals surface area contributed by atoms with Crippen molar-refractivity contribution in [2.75, 3.05) is 19.7 Å². The van der Waals surface area contributed by atoms with Crippen LogP contribution in [-0.2, 0) is 9.53 Å². The molecule has 0 spiro atoms. The van der Waals surface area contributed by atoms with Crippen LogP contribution in [0.5, 0.6) is 0 Å². The second-order valence-electron chi connectivity index (χ2n) is 3.63. The molecule has 1 N–H and O–H groups in total. The average molecular weight is 212 g/mol. The minimum atomic E-state index is -0.316. The van der Waals surface area contributed by atoms with Gasteiger partial charge in [0.2, 0.25) is 5.91 Å². The number of cyclic esters (lactones) is 1. The van der Waals surface area contributed by atoms with Crippen LogP contribution < -0.4 is 5.32 Å². The van der Waals surface area contributed by atoms with Gasteiger partial charge in [0.05, 0.1) is 6.54 Å². The van der Waals surface area contributed by atoms with Gasteiger partial charge in [0.1, 0.15) is 6.61 Å². The van der Waals surface area contributed by atoms with Gasteiger partial charge < -0.3 is 15.0 Å². The number of rotatable bonds is 4. The lowest BCUT2D eigenvalue weighted by Crippen LogP contribution is -2.29. The normalized spacial score (nSPS) is 16.2. The maximum absolute atomic E-state index is 11.2. The van der Waals surface area contributed by atoms with E-state index in [0.717, 1.165) is 0 Å². The monoisotopic (exact) mass is 212 g/mol. The topological polar surface area (TPSA) is 58.6 Å². The standard InChI is InChI=1S/C10H16N2O3/c1-8(2)11-9(13)4-3-5-12-6-7-15-10(12)14/h3-4,8H,5-7H2,1-2H3,(H,11,13)/b4-3+. The second kappa shape index (κ2) is 5.38. The first-order chi connectivity index (χ1) is 7.09. The molecule has 1 rings (SSSR count). The zero-order chi connectivity index (χ0) is 11.3. The maximum Gasteiger partial charge on any atom is 0.410 e. The highest BCUT2D eigenvalue weighted by molar-refractivity contribution is 5.87. The third kappa shape index (κ3) is 4.01. The largest absolute Gasteiger partial charge is 0.448 e. The summed E-state index contributed by atoms with van der Waals surface area (Å²) in [6, 6.07) is 0.124. The molecule has 0 atom stereocenters. The van der Waals surface area contributed by atoms with Gasteiger partial charge in [-0.3, -0.25) is 4.79 Å². The first-order valence-corrected chi connectivity index (χ1v) is 4.98. The summed E-state index contributed by atoms with van der Waals surface area (Å²) in [4.78, 5) is 23.7. The summed E-state index contributed by atoms with van der Waals surface area (Å²) in [5, 5.41) is 2.72. The van der Waals surface area contributed by atoms with Gasteiger partial charge in [-0.05, 0) is 13.8 Å². The SMILES string of the molecule is CC(C)NC(=O)/C=C/CN1CCOC1=O. The number of hydrogen-bond acceptors (Lipinski definition) is 3. The molecule has 1 saturated heterocycles. The molecule has 5 nitrogen and oxygen atoms in total. The molecule has 5 heteroatoms. The van der Waals surface area contributed by atoms with Crippen LogP contribution >= 0.6 is 0 Å². The molecule has 0 saturated carbocycles. The fourth-order valence-corrected chi connectivity index (χ4v) is 1.21. The number of carbonyl (C=O) groups excluding carboxylic acids is 2. The predicted octanol–water partition coefficient (Wildman–Crippen LogP) is 0.519. The van der Waals surface area contributed by atoms with E-state index in [0.29, 0.717) is 19.7 Å². The summed E-state index contributed by atoms with van der Waals surface area (Å²) in [5.41, 5.74) is 0. The summed E-state index contributed by atoms with van der Waals surface area (Å²) >= 11 is 0. The maximum atomic E-state index is 11.2. The Morgan fingerprint density at radius 1 is 1.67 bits per heavy atom. The highest BCUT2D eigenvalue weighted by Gasteiger charge is 2.19. The lowest BCUT2D eigenvalue weighted by molar-refractivity contribution is -0.116. The third-order valence-corrected chi connectivity index (χ3v) is 1.87. The van der Waals surface area contributed by atoms with Gasteiger partial charge in [-0.2, -0.15) is 0 Å². The number of nitrogens with one attached hydrogen (secondary N) is 1. The Balaban J connectivity index is 2.26. The summed E-state index contributed by atoms with van der Waals surface area (Å²) in [6.45, 7) is 5.23. The zero-order valence-corrected chi connectivity index (χ0v) is 9.03. The summed E-state index contributed by atoms with van der Waals surface area (Å²) in [7, 11) is 0. The van der Waals surface area contributed by atoms with E-state index in [1.54, 1.807) is 11.0 Å². The zero-order valence-electron chi connectivity index (χ0n) is 9.03. The fraction of sp³-hybridized carbons (Fsp3) is 0.600. The van der Waals surface area contributed by atoms with E-state index in [4.69, 9.17) is 4.74 Å². The Morgan fingerprint density at radius 3 is 2.93 bits per heavy atom. The molecule has 0 bridgehead atoms. The molecule has 0 radical (unpaired) electrons. The number of carbonyl (C=O) groups is 2. The van der Waals surface area contributed by atoms with Gasteiger partial charge in [0, 0.05) is 18.7 Å². The van der Waals surface area contributed by atoms with Gasteiger partial charge in [0.25, 0.3) is 0 Å². The van der Waals surface area contributed by atoms with E-state index in [1.807, 2.05) is 13.8 Å². The van der Waals surface area contributed by atoms with Crippen LogP contribution in [0.3, 0.4) is 0 Å². The molecular weight excluding hydrogens is 196 g/mol. The Morgan fingerprint density at radius 2 is 2.40 bits per heavy atom. The van der Waals surface area contributed by atoms with Crippen LogP contribution in [0.1, 0.15) is 13.8 Å². The van der Waals surface area contributed by atoms with Gasteiger partial charge in [-0.15, -0.1) is 0 Å². The first kappa shape index (κ1) is 11.6. The van der Waals surface area contributed by atoms with Crippen molar-refractivity contribution in [1.29, 1.82) is 0 Å². The molecule has 1 aliphatic heterocycles. The molecule has 0 unspecified atom stereocenters. The Hall–Kier alpha value is -1.52. The van der Waals surface area contributed by atoms with Crippen molar-refractivity contribution < 1.29 is 14.3 Å². The lowest BCUT2D eigenvalue weighted by Gasteiger charge is -2.08. The van der Waals surface area contributed by atoms with Crippen LogP contribution in [-0.4, -0.2) is 42.6 Å². The molecule has 0 aromatic heterocycles. The van der Waals surface area contributed by atoms with Gasteiger partial charge in [-0.25, -0.2) is 4.79 Å². The molecule has 0 aromatic carbocycles. The number of ether oxygens (including phenoxy) is 1. The predicted molar refractivity (Wildman–Crippen MR) is 55.3 cm³/mol. The van der Waals surface area contributed by atoms with Crippen molar-refractivity contribution >= 4 is 12.0 Å². The Kier molecular flexibility index (Phi) is 4.15. The minimum absolute atomic E-state index is 0.124. The highest BCUT2D eigenvalue weighted by Crippen LogP contribution is 2.02. The van der Waals surface area contributed by atoms with E-state index in [9.17, 15) is 9.59 Å². The Bertz CT molecular complexity index is 274. The van der Waals surface area contributed by atoms with Crippen molar-refractivity contribution in [3.8, 4) is 0 Å². The molecule has 0 aliphatic carbocycles. The Labute approximate surface area is 89.1 Å². The molecule has 84 valence electrons. The smallest absolute Gasteiger partial charge is 0.410 e. The molecule has 1 heterocycles. The van der Waals surface area contributed by atoms with Gasteiger partial charge >= 0.3 is 6.09 Å². The lowest BCUT2D eigenvalue weighted by atomic mass is 10.3.